The maximum absolute atomic E-state index is 12.2. The minimum absolute atomic E-state index is 0.157. The maximum Gasteiger partial charge on any atom is 0.331 e. The highest BCUT2D eigenvalue weighted by atomic mass is 32.2. The van der Waals surface area contributed by atoms with Crippen molar-refractivity contribution in [3.63, 3.8) is 0 Å². The first-order valence-corrected chi connectivity index (χ1v) is 8.85. The zero-order chi connectivity index (χ0) is 14.2. The summed E-state index contributed by atoms with van der Waals surface area (Å²) in [5.41, 5.74) is 0. The van der Waals surface area contributed by atoms with Crippen molar-refractivity contribution in [2.24, 2.45) is 5.92 Å². The van der Waals surface area contributed by atoms with E-state index in [1.54, 1.807) is 13.8 Å². The molecule has 0 aliphatic heterocycles. The largest absolute Gasteiger partial charge is 0.331 e. The van der Waals surface area contributed by atoms with Crippen LogP contribution in [0.4, 0.5) is 0 Å². The number of rotatable bonds is 8. The quantitative estimate of drug-likeness (QED) is 0.417. The van der Waals surface area contributed by atoms with E-state index in [-0.39, 0.29) is 19.4 Å². The van der Waals surface area contributed by atoms with Crippen LogP contribution in [0.25, 0.3) is 0 Å². The Morgan fingerprint density at radius 3 is 2.11 bits per heavy atom. The first-order valence-electron chi connectivity index (χ1n) is 5.52. The Kier molecular flexibility index (Phi) is 7.76. The normalized spacial score (nSPS) is 13.8. The van der Waals surface area contributed by atoms with Crippen LogP contribution in [0.3, 0.4) is 0 Å². The first kappa shape index (κ1) is 17.6. The molecule has 1 N–H and O–H groups in total. The fraction of sp³-hybridized carbons (Fsp3) is 0.800. The van der Waals surface area contributed by atoms with Gasteiger partial charge in [0, 0.05) is 5.92 Å². The van der Waals surface area contributed by atoms with Crippen LogP contribution in [0.15, 0.2) is 0 Å². The summed E-state index contributed by atoms with van der Waals surface area (Å²) >= 11 is 0. The third-order valence-corrected chi connectivity index (χ3v) is 4.87. The van der Waals surface area contributed by atoms with Crippen molar-refractivity contribution < 1.29 is 26.6 Å². The third kappa shape index (κ3) is 7.85. The van der Waals surface area contributed by atoms with Gasteiger partial charge in [-0.25, -0.2) is 0 Å². The molecular weight excluding hydrogens is 279 g/mol. The lowest BCUT2D eigenvalue weighted by Gasteiger charge is -2.19. The summed E-state index contributed by atoms with van der Waals surface area (Å²) in [7, 11) is -7.55. The molecule has 0 aliphatic carbocycles. The number of hydrogen-bond acceptors (Lipinski definition) is 5. The molecule has 0 aromatic rings. The smallest absolute Gasteiger partial charge is 0.309 e. The second kappa shape index (κ2) is 7.93. The van der Waals surface area contributed by atoms with Crippen molar-refractivity contribution in [3.05, 3.63) is 0 Å². The molecular formula is C10H19O6PS. The molecule has 0 aromatic carbocycles. The Morgan fingerprint density at radius 1 is 1.28 bits per heavy atom. The highest BCUT2D eigenvalue weighted by Gasteiger charge is 2.30. The molecule has 0 rings (SSSR count). The minimum Gasteiger partial charge on any atom is -0.309 e. The van der Waals surface area contributed by atoms with E-state index >= 15 is 0 Å². The van der Waals surface area contributed by atoms with Crippen molar-refractivity contribution in [2.75, 3.05) is 25.1 Å². The summed E-state index contributed by atoms with van der Waals surface area (Å²) < 4.78 is 52.8. The standard InChI is InChI=1S/C10H19O6PS/c1-4-7-10(9-18(12,13)14)8-17(11,15-5-2)16-6-3/h10H,5-6,8-9H2,1-3H3,(H,12,13,14). The Balaban J connectivity index is 4.91. The van der Waals surface area contributed by atoms with Crippen molar-refractivity contribution in [1.82, 2.24) is 0 Å². The van der Waals surface area contributed by atoms with Crippen LogP contribution in [0.2, 0.25) is 0 Å². The van der Waals surface area contributed by atoms with Gasteiger partial charge in [0.15, 0.2) is 0 Å². The van der Waals surface area contributed by atoms with E-state index in [1.807, 2.05) is 0 Å². The van der Waals surface area contributed by atoms with Crippen LogP contribution in [-0.4, -0.2) is 38.1 Å². The van der Waals surface area contributed by atoms with Crippen LogP contribution in [-0.2, 0) is 23.7 Å². The lowest BCUT2D eigenvalue weighted by Crippen LogP contribution is -2.19. The second-order valence-corrected chi connectivity index (χ2v) is 7.07. The average molecular weight is 298 g/mol. The maximum atomic E-state index is 12.2. The Hall–Kier alpha value is -0.380. The molecule has 0 heterocycles. The summed E-state index contributed by atoms with van der Waals surface area (Å²) in [6.45, 7) is 5.23. The SMILES string of the molecule is CC#CC(CP(=O)(OCC)OCC)CS(=O)(=O)O. The topological polar surface area (TPSA) is 89.9 Å². The van der Waals surface area contributed by atoms with Crippen LogP contribution >= 0.6 is 7.60 Å². The molecule has 8 heteroatoms. The van der Waals surface area contributed by atoms with E-state index in [0.717, 1.165) is 0 Å². The zero-order valence-electron chi connectivity index (χ0n) is 10.7. The summed E-state index contributed by atoms with van der Waals surface area (Å²) in [4.78, 5) is 0. The van der Waals surface area contributed by atoms with Crippen LogP contribution in [0, 0.1) is 17.8 Å². The predicted molar refractivity (Wildman–Crippen MR) is 69.1 cm³/mol. The molecule has 0 spiro atoms. The van der Waals surface area contributed by atoms with Crippen molar-refractivity contribution >= 4 is 17.7 Å². The summed E-state index contributed by atoms with van der Waals surface area (Å²) in [5, 5.41) is 0. The average Bonchev–Trinajstić information content (AvgIpc) is 2.15. The van der Waals surface area contributed by atoms with E-state index in [1.165, 1.54) is 6.92 Å². The first-order chi connectivity index (χ1) is 8.26. The second-order valence-electron chi connectivity index (χ2n) is 3.47. The molecule has 18 heavy (non-hydrogen) atoms. The van der Waals surface area contributed by atoms with Gasteiger partial charge in [0.1, 0.15) is 0 Å². The van der Waals surface area contributed by atoms with Gasteiger partial charge in [-0.1, -0.05) is 5.92 Å². The Bertz CT molecular complexity index is 437. The van der Waals surface area contributed by atoms with Crippen molar-refractivity contribution in [1.29, 1.82) is 0 Å². The summed E-state index contributed by atoms with van der Waals surface area (Å²) in [6.07, 6.45) is -0.157. The molecule has 1 unspecified atom stereocenters. The van der Waals surface area contributed by atoms with Gasteiger partial charge in [0.2, 0.25) is 0 Å². The molecule has 1 atom stereocenters. The van der Waals surface area contributed by atoms with Crippen LogP contribution < -0.4 is 0 Å². The molecule has 0 aromatic heterocycles. The Labute approximate surface area is 108 Å². The molecule has 6 nitrogen and oxygen atoms in total. The van der Waals surface area contributed by atoms with E-state index in [0.29, 0.717) is 0 Å². The van der Waals surface area contributed by atoms with E-state index in [9.17, 15) is 13.0 Å². The van der Waals surface area contributed by atoms with E-state index < -0.39 is 29.4 Å². The molecule has 0 bridgehead atoms. The highest BCUT2D eigenvalue weighted by molar-refractivity contribution is 7.85. The fourth-order valence-electron chi connectivity index (χ4n) is 1.40. The lowest BCUT2D eigenvalue weighted by molar-refractivity contribution is 0.218. The fourth-order valence-corrected chi connectivity index (χ4v) is 4.12. The van der Waals surface area contributed by atoms with E-state index in [4.69, 9.17) is 13.6 Å². The van der Waals surface area contributed by atoms with Crippen molar-refractivity contribution in [3.8, 4) is 11.8 Å². The molecule has 0 radical (unpaired) electrons. The van der Waals surface area contributed by atoms with E-state index in [2.05, 4.69) is 11.8 Å². The molecule has 106 valence electrons. The molecule has 0 saturated heterocycles. The molecule has 0 amide bonds. The van der Waals surface area contributed by atoms with Gasteiger partial charge >= 0.3 is 7.60 Å². The van der Waals surface area contributed by atoms with Gasteiger partial charge in [0.05, 0.1) is 25.1 Å². The Morgan fingerprint density at radius 2 is 1.78 bits per heavy atom. The summed E-state index contributed by atoms with van der Waals surface area (Å²) in [6, 6.07) is 0. The molecule has 0 saturated carbocycles. The molecule has 0 aliphatic rings. The van der Waals surface area contributed by atoms with Gasteiger partial charge in [-0.05, 0) is 20.8 Å². The van der Waals surface area contributed by atoms with Gasteiger partial charge < -0.3 is 9.05 Å². The van der Waals surface area contributed by atoms with Gasteiger partial charge in [0.25, 0.3) is 10.1 Å². The lowest BCUT2D eigenvalue weighted by atomic mass is 10.2. The van der Waals surface area contributed by atoms with Crippen molar-refractivity contribution in [2.45, 2.75) is 20.8 Å². The predicted octanol–water partition coefficient (Wildman–Crippen LogP) is 1.78. The monoisotopic (exact) mass is 298 g/mol. The van der Waals surface area contributed by atoms with Crippen LogP contribution in [0.1, 0.15) is 20.8 Å². The highest BCUT2D eigenvalue weighted by Crippen LogP contribution is 2.49. The number of hydrogen-bond donors (Lipinski definition) is 1. The third-order valence-electron chi connectivity index (χ3n) is 1.86. The zero-order valence-corrected chi connectivity index (χ0v) is 12.5. The van der Waals surface area contributed by atoms with Crippen LogP contribution in [0.5, 0.6) is 0 Å². The minimum atomic E-state index is -4.18. The van der Waals surface area contributed by atoms with Gasteiger partial charge in [-0.15, -0.1) is 5.92 Å². The summed E-state index contributed by atoms with van der Waals surface area (Å²) in [5.74, 6) is 3.76. The molecule has 0 fully saturated rings. The van der Waals surface area contributed by atoms with Gasteiger partial charge in [-0.3, -0.25) is 9.12 Å². The van der Waals surface area contributed by atoms with Gasteiger partial charge in [-0.2, -0.15) is 8.42 Å².